The maximum absolute atomic E-state index is 11.5. The molecule has 0 aromatic heterocycles. The lowest BCUT2D eigenvalue weighted by molar-refractivity contribution is 0.0929. The summed E-state index contributed by atoms with van der Waals surface area (Å²) in [6.07, 6.45) is 0. The highest BCUT2D eigenvalue weighted by atomic mass is 16.5. The second-order valence-electron chi connectivity index (χ2n) is 2.55. The molecule has 0 saturated heterocycles. The first-order valence-corrected chi connectivity index (χ1v) is 4.17. The molecule has 0 heterocycles. The van der Waals surface area contributed by atoms with Gasteiger partial charge in [0.15, 0.2) is 5.76 Å². The Morgan fingerprint density at radius 2 is 2.00 bits per heavy atom. The Kier molecular flexibility index (Phi) is 3.26. The maximum Gasteiger partial charge on any atom is 0.226 e. The number of ketones is 1. The lowest BCUT2D eigenvalue weighted by Gasteiger charge is -2.04. The van der Waals surface area contributed by atoms with E-state index in [-0.39, 0.29) is 11.5 Å². The third kappa shape index (κ3) is 2.44. The molecule has 1 aromatic carbocycles. The van der Waals surface area contributed by atoms with E-state index in [1.54, 1.807) is 12.1 Å². The van der Waals surface area contributed by atoms with Gasteiger partial charge in [0.25, 0.3) is 0 Å². The molecule has 1 rings (SSSR count). The molecule has 0 N–H and O–H groups in total. The monoisotopic (exact) mass is 176 g/mol. The van der Waals surface area contributed by atoms with Gasteiger partial charge in [0.1, 0.15) is 0 Å². The van der Waals surface area contributed by atoms with Crippen molar-refractivity contribution in [1.29, 1.82) is 0 Å². The Balaban J connectivity index is 2.74. The molecular weight excluding hydrogens is 164 g/mol. The van der Waals surface area contributed by atoms with Crippen LogP contribution >= 0.6 is 0 Å². The molecule has 0 aliphatic rings. The van der Waals surface area contributed by atoms with Gasteiger partial charge in [-0.15, -0.1) is 0 Å². The lowest BCUT2D eigenvalue weighted by atomic mass is 10.1. The molecule has 0 aliphatic carbocycles. The molecule has 2 heteroatoms. The summed E-state index contributed by atoms with van der Waals surface area (Å²) in [5, 5.41) is 0. The van der Waals surface area contributed by atoms with Gasteiger partial charge in [-0.1, -0.05) is 36.9 Å². The molecule has 13 heavy (non-hydrogen) atoms. The number of ether oxygens (including phenoxy) is 1. The molecule has 0 fully saturated rings. The first-order chi connectivity index (χ1) is 6.25. The predicted octanol–water partition coefficient (Wildman–Crippen LogP) is 2.42. The van der Waals surface area contributed by atoms with E-state index in [0.717, 1.165) is 0 Å². The zero-order valence-corrected chi connectivity index (χ0v) is 7.62. The van der Waals surface area contributed by atoms with Crippen molar-refractivity contribution >= 4 is 5.78 Å². The highest BCUT2D eigenvalue weighted by Gasteiger charge is 2.09. The number of hydrogen-bond acceptors (Lipinski definition) is 2. The molecule has 0 atom stereocenters. The van der Waals surface area contributed by atoms with Gasteiger partial charge in [0, 0.05) is 5.56 Å². The van der Waals surface area contributed by atoms with Crippen LogP contribution in [0.15, 0.2) is 42.7 Å². The molecule has 0 amide bonds. The van der Waals surface area contributed by atoms with E-state index < -0.39 is 0 Å². The first kappa shape index (κ1) is 9.52. The zero-order chi connectivity index (χ0) is 9.68. The van der Waals surface area contributed by atoms with Crippen LogP contribution < -0.4 is 0 Å². The van der Waals surface area contributed by atoms with Crippen LogP contribution in [0.3, 0.4) is 0 Å². The van der Waals surface area contributed by atoms with Crippen molar-refractivity contribution in [2.75, 3.05) is 6.61 Å². The molecule has 68 valence electrons. The summed E-state index contributed by atoms with van der Waals surface area (Å²) in [7, 11) is 0. The van der Waals surface area contributed by atoms with Gasteiger partial charge in [-0.25, -0.2) is 0 Å². The summed E-state index contributed by atoms with van der Waals surface area (Å²) < 4.78 is 5.01. The van der Waals surface area contributed by atoms with Crippen LogP contribution in [0.5, 0.6) is 0 Å². The number of allylic oxidation sites excluding steroid dienone is 1. The van der Waals surface area contributed by atoms with Crippen LogP contribution in [0.1, 0.15) is 17.3 Å². The van der Waals surface area contributed by atoms with Crippen LogP contribution in [0.4, 0.5) is 0 Å². The number of hydrogen-bond donors (Lipinski definition) is 0. The zero-order valence-electron chi connectivity index (χ0n) is 7.62. The predicted molar refractivity (Wildman–Crippen MR) is 51.5 cm³/mol. The standard InChI is InChI=1S/C11H12O2/c1-3-13-9(2)11(12)10-7-5-4-6-8-10/h4-8H,2-3H2,1H3. The van der Waals surface area contributed by atoms with Crippen molar-refractivity contribution in [3.63, 3.8) is 0 Å². The average Bonchev–Trinajstić information content (AvgIpc) is 2.18. The van der Waals surface area contributed by atoms with Crippen LogP contribution in [0.2, 0.25) is 0 Å². The van der Waals surface area contributed by atoms with Gasteiger partial charge in [-0.2, -0.15) is 0 Å². The topological polar surface area (TPSA) is 26.3 Å². The normalized spacial score (nSPS) is 9.31. The van der Waals surface area contributed by atoms with Gasteiger partial charge < -0.3 is 4.74 Å². The Morgan fingerprint density at radius 1 is 1.38 bits per heavy atom. The number of carbonyl (C=O) groups is 1. The van der Waals surface area contributed by atoms with Gasteiger partial charge in [0.2, 0.25) is 5.78 Å². The van der Waals surface area contributed by atoms with E-state index in [9.17, 15) is 4.79 Å². The second-order valence-corrected chi connectivity index (χ2v) is 2.55. The Morgan fingerprint density at radius 3 is 2.54 bits per heavy atom. The van der Waals surface area contributed by atoms with Crippen molar-refractivity contribution in [1.82, 2.24) is 0 Å². The van der Waals surface area contributed by atoms with Crippen molar-refractivity contribution < 1.29 is 9.53 Å². The molecule has 0 unspecified atom stereocenters. The SMILES string of the molecule is C=C(OCC)C(=O)c1ccccc1. The van der Waals surface area contributed by atoms with Gasteiger partial charge in [-0.05, 0) is 6.92 Å². The number of Topliss-reactive ketones (excluding diaryl/α,β-unsaturated/α-hetero) is 1. The van der Waals surface area contributed by atoms with Gasteiger partial charge >= 0.3 is 0 Å². The first-order valence-electron chi connectivity index (χ1n) is 4.17. The summed E-state index contributed by atoms with van der Waals surface area (Å²) in [5.41, 5.74) is 0.612. The molecule has 1 aromatic rings. The van der Waals surface area contributed by atoms with Crippen molar-refractivity contribution in [2.45, 2.75) is 6.92 Å². The minimum atomic E-state index is -0.151. The smallest absolute Gasteiger partial charge is 0.226 e. The van der Waals surface area contributed by atoms with Crippen LogP contribution in [-0.2, 0) is 4.74 Å². The summed E-state index contributed by atoms with van der Waals surface area (Å²) in [4.78, 5) is 11.5. The molecule has 0 aliphatic heterocycles. The fourth-order valence-corrected chi connectivity index (χ4v) is 0.990. The van der Waals surface area contributed by atoms with Crippen molar-refractivity contribution in [3.05, 3.63) is 48.2 Å². The molecule has 0 bridgehead atoms. The van der Waals surface area contributed by atoms with E-state index in [0.29, 0.717) is 12.2 Å². The molecule has 2 nitrogen and oxygen atoms in total. The highest BCUT2D eigenvalue weighted by Crippen LogP contribution is 2.07. The van der Waals surface area contributed by atoms with E-state index >= 15 is 0 Å². The summed E-state index contributed by atoms with van der Waals surface area (Å²) in [5.74, 6) is 0.0520. The molecule has 0 spiro atoms. The number of carbonyl (C=O) groups excluding carboxylic acids is 1. The van der Waals surface area contributed by atoms with Gasteiger partial charge in [0.05, 0.1) is 6.61 Å². The van der Waals surface area contributed by atoms with E-state index in [2.05, 4.69) is 6.58 Å². The van der Waals surface area contributed by atoms with E-state index in [4.69, 9.17) is 4.74 Å². The van der Waals surface area contributed by atoms with Crippen molar-refractivity contribution in [2.24, 2.45) is 0 Å². The van der Waals surface area contributed by atoms with Crippen LogP contribution in [0, 0.1) is 0 Å². The maximum atomic E-state index is 11.5. The number of benzene rings is 1. The molecular formula is C11H12O2. The number of rotatable bonds is 4. The third-order valence-corrected chi connectivity index (χ3v) is 1.61. The quantitative estimate of drug-likeness (QED) is 0.400. The summed E-state index contributed by atoms with van der Waals surface area (Å²) in [6, 6.07) is 8.97. The highest BCUT2D eigenvalue weighted by molar-refractivity contribution is 6.06. The van der Waals surface area contributed by atoms with Crippen LogP contribution in [-0.4, -0.2) is 12.4 Å². The Bertz CT molecular complexity index is 301. The minimum absolute atomic E-state index is 0.151. The third-order valence-electron chi connectivity index (χ3n) is 1.61. The average molecular weight is 176 g/mol. The fourth-order valence-electron chi connectivity index (χ4n) is 0.990. The van der Waals surface area contributed by atoms with Gasteiger partial charge in [-0.3, -0.25) is 4.79 Å². The Labute approximate surface area is 77.8 Å². The second kappa shape index (κ2) is 4.45. The largest absolute Gasteiger partial charge is 0.490 e. The minimum Gasteiger partial charge on any atom is -0.490 e. The fraction of sp³-hybridized carbons (Fsp3) is 0.182. The molecule has 0 radical (unpaired) electrons. The molecule has 0 saturated carbocycles. The van der Waals surface area contributed by atoms with E-state index in [1.807, 2.05) is 25.1 Å². The van der Waals surface area contributed by atoms with Crippen molar-refractivity contribution in [3.8, 4) is 0 Å². The van der Waals surface area contributed by atoms with E-state index in [1.165, 1.54) is 0 Å². The lowest BCUT2D eigenvalue weighted by Crippen LogP contribution is -2.05. The summed E-state index contributed by atoms with van der Waals surface area (Å²) >= 11 is 0. The summed E-state index contributed by atoms with van der Waals surface area (Å²) in [6.45, 7) is 5.84. The Hall–Kier alpha value is -1.57. The van der Waals surface area contributed by atoms with Crippen LogP contribution in [0.25, 0.3) is 0 Å².